The highest BCUT2D eigenvalue weighted by atomic mass is 31.2. The number of hydrogen-bond acceptors (Lipinski definition) is 1. The van der Waals surface area contributed by atoms with Crippen molar-refractivity contribution >= 4 is 29.4 Å². The average molecular weight is 402 g/mol. The molecule has 0 aliphatic carbocycles. The van der Waals surface area contributed by atoms with Gasteiger partial charge < -0.3 is 5.21 Å². The van der Waals surface area contributed by atoms with Crippen LogP contribution in [0.3, 0.4) is 0 Å². The van der Waals surface area contributed by atoms with Crippen molar-refractivity contribution in [3.05, 3.63) is 96.2 Å². The van der Waals surface area contributed by atoms with E-state index in [1.54, 1.807) is 0 Å². The molecule has 0 bridgehead atoms. The summed E-state index contributed by atoms with van der Waals surface area (Å²) in [6, 6.07) is 33.0. The molecule has 0 radical (unpaired) electrons. The van der Waals surface area contributed by atoms with Gasteiger partial charge in [0, 0.05) is 26.2 Å². The first-order valence-electron chi connectivity index (χ1n) is 10.5. The molecule has 1 aliphatic rings. The van der Waals surface area contributed by atoms with Crippen molar-refractivity contribution in [2.24, 2.45) is 0 Å². The van der Waals surface area contributed by atoms with Gasteiger partial charge in [-0.05, 0) is 42.8 Å². The van der Waals surface area contributed by atoms with Gasteiger partial charge in [0.2, 0.25) is 0 Å². The van der Waals surface area contributed by atoms with Crippen LogP contribution in [0.15, 0.2) is 91.0 Å². The van der Waals surface area contributed by atoms with Crippen LogP contribution in [-0.2, 0) is 0 Å². The third kappa shape index (κ3) is 3.87. The molecular formula is C26H29NOP+. The molecule has 1 unspecified atom stereocenters. The van der Waals surface area contributed by atoms with Crippen molar-refractivity contribution in [3.8, 4) is 0 Å². The van der Waals surface area contributed by atoms with E-state index in [1.807, 2.05) is 6.21 Å². The van der Waals surface area contributed by atoms with E-state index in [4.69, 9.17) is 0 Å². The van der Waals surface area contributed by atoms with Gasteiger partial charge >= 0.3 is 0 Å². The molecule has 0 fully saturated rings. The van der Waals surface area contributed by atoms with E-state index in [0.29, 0.717) is 0 Å². The number of hydrogen-bond donors (Lipinski definition) is 0. The second-order valence-electron chi connectivity index (χ2n) is 8.19. The topological polar surface area (TPSA) is 26.1 Å². The molecule has 3 heteroatoms. The van der Waals surface area contributed by atoms with Crippen LogP contribution in [0.4, 0.5) is 0 Å². The van der Waals surface area contributed by atoms with Gasteiger partial charge in [0.15, 0.2) is 11.8 Å². The minimum absolute atomic E-state index is 0.250. The van der Waals surface area contributed by atoms with Gasteiger partial charge in [-0.25, -0.2) is 4.74 Å². The Kier molecular flexibility index (Phi) is 5.83. The summed E-state index contributed by atoms with van der Waals surface area (Å²) >= 11 is 0. The Bertz CT molecular complexity index is 859. The largest absolute Gasteiger partial charge is 0.624 e. The normalized spacial score (nSPS) is 19.1. The fourth-order valence-electron chi connectivity index (χ4n) is 4.64. The van der Waals surface area contributed by atoms with E-state index in [2.05, 4.69) is 97.9 Å². The van der Waals surface area contributed by atoms with Gasteiger partial charge in [-0.1, -0.05) is 54.6 Å². The van der Waals surface area contributed by atoms with Crippen LogP contribution in [0.1, 0.15) is 32.6 Å². The monoisotopic (exact) mass is 402 g/mol. The second kappa shape index (κ2) is 8.51. The quantitative estimate of drug-likeness (QED) is 0.314. The van der Waals surface area contributed by atoms with Crippen molar-refractivity contribution in [1.29, 1.82) is 0 Å². The van der Waals surface area contributed by atoms with Crippen molar-refractivity contribution in [2.45, 2.75) is 38.1 Å². The third-order valence-corrected chi connectivity index (χ3v) is 10.8. The summed E-state index contributed by atoms with van der Waals surface area (Å²) in [5, 5.41) is 16.6. The Morgan fingerprint density at radius 2 is 1.24 bits per heavy atom. The number of nitrogens with zero attached hydrogens (tertiary/aromatic N) is 1. The van der Waals surface area contributed by atoms with Gasteiger partial charge in [-0.15, -0.1) is 0 Å². The fourth-order valence-corrected chi connectivity index (χ4v) is 8.98. The maximum atomic E-state index is 12.3. The fraction of sp³-hybridized carbons (Fsp3) is 0.269. The van der Waals surface area contributed by atoms with Crippen molar-refractivity contribution in [2.75, 3.05) is 6.16 Å². The summed E-state index contributed by atoms with van der Waals surface area (Å²) in [7, 11) is -1.79. The van der Waals surface area contributed by atoms with Crippen LogP contribution >= 0.6 is 7.26 Å². The number of benzene rings is 3. The summed E-state index contributed by atoms with van der Waals surface area (Å²) in [5.74, 6) is 0. The Balaban J connectivity index is 1.77. The first-order valence-corrected chi connectivity index (χ1v) is 12.5. The van der Waals surface area contributed by atoms with Crippen LogP contribution in [-0.4, -0.2) is 22.7 Å². The van der Waals surface area contributed by atoms with Crippen LogP contribution in [0.25, 0.3) is 0 Å². The summed E-state index contributed by atoms with van der Waals surface area (Å²) < 4.78 is 1.21. The van der Waals surface area contributed by atoms with Gasteiger partial charge in [0.05, 0.1) is 6.16 Å². The lowest BCUT2D eigenvalue weighted by Crippen LogP contribution is -2.36. The molecule has 4 rings (SSSR count). The molecular weight excluding hydrogens is 373 g/mol. The zero-order chi connectivity index (χ0) is 20.2. The van der Waals surface area contributed by atoms with E-state index in [9.17, 15) is 5.21 Å². The molecule has 148 valence electrons. The summed E-state index contributed by atoms with van der Waals surface area (Å²) in [6.45, 7) is 2.12. The van der Waals surface area contributed by atoms with Crippen LogP contribution in [0, 0.1) is 5.21 Å². The summed E-state index contributed by atoms with van der Waals surface area (Å²) in [6.07, 6.45) is 6.72. The molecule has 1 atom stereocenters. The molecule has 0 N–H and O–H groups in total. The molecule has 1 aliphatic heterocycles. The van der Waals surface area contributed by atoms with Gasteiger partial charge in [0.1, 0.15) is 23.2 Å². The number of hydroxylamine groups is 1. The lowest BCUT2D eigenvalue weighted by Gasteiger charge is -2.29. The molecule has 0 amide bonds. The van der Waals surface area contributed by atoms with Crippen molar-refractivity contribution in [1.82, 2.24) is 0 Å². The Labute approximate surface area is 174 Å². The van der Waals surface area contributed by atoms with E-state index >= 15 is 0 Å². The molecule has 1 heterocycles. The predicted molar refractivity (Wildman–Crippen MR) is 127 cm³/mol. The van der Waals surface area contributed by atoms with Crippen LogP contribution in [0.2, 0.25) is 0 Å². The highest BCUT2D eigenvalue weighted by molar-refractivity contribution is 7.95. The van der Waals surface area contributed by atoms with Crippen molar-refractivity contribution in [3.63, 3.8) is 0 Å². The maximum Gasteiger partial charge on any atom is 0.170 e. The summed E-state index contributed by atoms with van der Waals surface area (Å²) in [5.41, 5.74) is -0.250. The highest BCUT2D eigenvalue weighted by Crippen LogP contribution is 2.56. The van der Waals surface area contributed by atoms with E-state index in [0.717, 1.165) is 31.8 Å². The minimum Gasteiger partial charge on any atom is -0.624 e. The van der Waals surface area contributed by atoms with Crippen molar-refractivity contribution < 1.29 is 4.74 Å². The molecule has 2 nitrogen and oxygen atoms in total. The second-order valence-corrected chi connectivity index (χ2v) is 11.8. The molecule has 0 saturated heterocycles. The van der Waals surface area contributed by atoms with Gasteiger partial charge in [0.25, 0.3) is 0 Å². The first-order chi connectivity index (χ1) is 14.2. The maximum absolute atomic E-state index is 12.3. The summed E-state index contributed by atoms with van der Waals surface area (Å²) in [4.78, 5) is 0. The Morgan fingerprint density at radius 3 is 1.62 bits per heavy atom. The smallest absolute Gasteiger partial charge is 0.170 e. The van der Waals surface area contributed by atoms with Gasteiger partial charge in [-0.3, -0.25) is 0 Å². The molecule has 0 saturated carbocycles. The standard InChI is InChI=1S/C26H29NOP/c1-26(19-11-21-27(26)28)20-12-22-29(23-13-5-2-6-14-23,24-15-7-3-8-16-24)25-17-9-4-10-18-25/h2-10,13-18,21H,11-12,19-20,22H2,1H3/q+1. The third-order valence-electron chi connectivity index (χ3n) is 6.31. The zero-order valence-electron chi connectivity index (χ0n) is 17.1. The van der Waals surface area contributed by atoms with Crippen LogP contribution in [0.5, 0.6) is 0 Å². The molecule has 0 aromatic heterocycles. The van der Waals surface area contributed by atoms with Gasteiger partial charge in [-0.2, -0.15) is 0 Å². The zero-order valence-corrected chi connectivity index (χ0v) is 18.0. The van der Waals surface area contributed by atoms with E-state index < -0.39 is 7.26 Å². The van der Waals surface area contributed by atoms with E-state index in [-0.39, 0.29) is 5.54 Å². The average Bonchev–Trinajstić information content (AvgIpc) is 3.11. The minimum atomic E-state index is -1.79. The molecule has 0 spiro atoms. The molecule has 3 aromatic carbocycles. The SMILES string of the molecule is CC1(CCC[P+](c2ccccc2)(c2ccccc2)c2ccccc2)CCC=[N+]1[O-]. The van der Waals surface area contributed by atoms with E-state index in [1.165, 1.54) is 20.7 Å². The Morgan fingerprint density at radius 1 is 0.793 bits per heavy atom. The number of rotatable bonds is 7. The Hall–Kier alpha value is -2.44. The predicted octanol–water partition coefficient (Wildman–Crippen LogP) is 4.89. The highest BCUT2D eigenvalue weighted by Gasteiger charge is 2.46. The molecule has 29 heavy (non-hydrogen) atoms. The molecule has 3 aromatic rings. The first kappa shape index (κ1) is 19.9. The lowest BCUT2D eigenvalue weighted by atomic mass is 9.94. The van der Waals surface area contributed by atoms with Crippen LogP contribution < -0.4 is 15.9 Å². The lowest BCUT2D eigenvalue weighted by molar-refractivity contribution is -0.534.